The second-order valence-corrected chi connectivity index (χ2v) is 9.77. The van der Waals surface area contributed by atoms with Crippen LogP contribution in [0.15, 0.2) is 18.2 Å². The van der Waals surface area contributed by atoms with Crippen molar-refractivity contribution in [2.75, 3.05) is 19.7 Å². The normalized spacial score (nSPS) is 30.5. The van der Waals surface area contributed by atoms with Crippen LogP contribution in [0.4, 0.5) is 9.18 Å². The third-order valence-corrected chi connectivity index (χ3v) is 7.64. The van der Waals surface area contributed by atoms with Gasteiger partial charge in [-0.25, -0.2) is 9.18 Å². The van der Waals surface area contributed by atoms with Gasteiger partial charge in [-0.3, -0.25) is 0 Å². The predicted molar refractivity (Wildman–Crippen MR) is 110 cm³/mol. The van der Waals surface area contributed by atoms with Crippen LogP contribution < -0.4 is 10.1 Å². The fourth-order valence-corrected chi connectivity index (χ4v) is 6.17. The number of hydrogen-bond acceptors (Lipinski definition) is 3. The summed E-state index contributed by atoms with van der Waals surface area (Å²) in [5.41, 5.74) is 1.04. The summed E-state index contributed by atoms with van der Waals surface area (Å²) < 4.78 is 19.7. The third kappa shape index (κ3) is 3.29. The number of likely N-dealkylation sites (tertiary alicyclic amines) is 1. The highest BCUT2D eigenvalue weighted by Gasteiger charge is 2.48. The Hall–Kier alpha value is -1.82. The molecule has 1 aromatic carbocycles. The van der Waals surface area contributed by atoms with Gasteiger partial charge in [0.15, 0.2) is 0 Å². The van der Waals surface area contributed by atoms with Gasteiger partial charge in [-0.2, -0.15) is 0 Å². The smallest absolute Gasteiger partial charge is 0.318 e. The Kier molecular flexibility index (Phi) is 4.72. The Bertz CT molecular complexity index is 776. The lowest BCUT2D eigenvalue weighted by atomic mass is 9.74. The maximum Gasteiger partial charge on any atom is 0.318 e. The summed E-state index contributed by atoms with van der Waals surface area (Å²) in [4.78, 5) is 17.4. The van der Waals surface area contributed by atoms with Crippen LogP contribution in [0.3, 0.4) is 0 Å². The molecule has 1 aromatic rings. The minimum Gasteiger partial charge on any atom is -0.492 e. The first-order valence-electron chi connectivity index (χ1n) is 11.2. The molecule has 6 heteroatoms. The monoisotopic (exact) mass is 401 g/mol. The van der Waals surface area contributed by atoms with Crippen LogP contribution in [0, 0.1) is 5.82 Å². The number of amides is 2. The highest BCUT2D eigenvalue weighted by molar-refractivity contribution is 5.75. The van der Waals surface area contributed by atoms with Crippen molar-refractivity contribution in [3.63, 3.8) is 0 Å². The van der Waals surface area contributed by atoms with Gasteiger partial charge in [0.1, 0.15) is 11.6 Å². The van der Waals surface area contributed by atoms with E-state index in [-0.39, 0.29) is 23.3 Å². The van der Waals surface area contributed by atoms with Crippen molar-refractivity contribution in [3.8, 4) is 5.75 Å². The molecule has 2 atom stereocenters. The first-order valence-corrected chi connectivity index (χ1v) is 11.2. The van der Waals surface area contributed by atoms with E-state index in [1.54, 1.807) is 12.1 Å². The molecule has 2 unspecified atom stereocenters. The lowest BCUT2D eigenvalue weighted by molar-refractivity contribution is 0.0447. The van der Waals surface area contributed by atoms with Gasteiger partial charge in [-0.05, 0) is 83.7 Å². The number of carbonyl (C=O) groups is 1. The number of rotatable bonds is 2. The summed E-state index contributed by atoms with van der Waals surface area (Å²) in [5.74, 6) is 0.696. The molecule has 4 aliphatic rings. The third-order valence-electron chi connectivity index (χ3n) is 7.64. The van der Waals surface area contributed by atoms with Crippen molar-refractivity contribution in [3.05, 3.63) is 29.6 Å². The molecule has 5 nitrogen and oxygen atoms in total. The van der Waals surface area contributed by atoms with E-state index in [0.29, 0.717) is 24.7 Å². The van der Waals surface area contributed by atoms with Gasteiger partial charge in [0.2, 0.25) is 0 Å². The van der Waals surface area contributed by atoms with Crippen LogP contribution in [0.5, 0.6) is 5.75 Å². The van der Waals surface area contributed by atoms with Crippen molar-refractivity contribution in [1.82, 2.24) is 15.1 Å². The zero-order valence-corrected chi connectivity index (χ0v) is 17.5. The molecule has 158 valence electrons. The van der Waals surface area contributed by atoms with E-state index in [2.05, 4.69) is 15.1 Å². The van der Waals surface area contributed by atoms with E-state index in [9.17, 15) is 9.18 Å². The maximum atomic E-state index is 13.8. The number of carbonyl (C=O) groups excluding carboxylic acids is 1. The van der Waals surface area contributed by atoms with Crippen LogP contribution in [0.25, 0.3) is 0 Å². The Labute approximate surface area is 172 Å². The Morgan fingerprint density at radius 3 is 2.52 bits per heavy atom. The van der Waals surface area contributed by atoms with E-state index in [4.69, 9.17) is 4.74 Å². The number of nitrogens with zero attached hydrogens (tertiary/aromatic N) is 2. The summed E-state index contributed by atoms with van der Waals surface area (Å²) in [6.45, 7) is 6.78. The average Bonchev–Trinajstić information content (AvgIpc) is 3.16. The number of hydrogen-bond donors (Lipinski definition) is 1. The topological polar surface area (TPSA) is 44.8 Å². The molecule has 2 bridgehead atoms. The SMILES string of the molecule is CC(C)NC(=O)N1C2CCC1CC(N1CCC3(CC1)COc1ccc(F)cc13)C2. The van der Waals surface area contributed by atoms with Crippen LogP contribution >= 0.6 is 0 Å². The standard InChI is InChI=1S/C23H32FN3O2/c1-15(2)25-22(28)27-17-4-5-18(27)13-19(12-17)26-9-7-23(8-10-26)14-29-21-6-3-16(24)11-20(21)23/h3,6,11,15,17-19H,4-5,7-10,12-14H2,1-2H3,(H,25,28). The van der Waals surface area contributed by atoms with Crippen LogP contribution in [0.2, 0.25) is 0 Å². The van der Waals surface area contributed by atoms with Crippen molar-refractivity contribution in [2.45, 2.75) is 82.0 Å². The number of ether oxygens (including phenoxy) is 1. The van der Waals surface area contributed by atoms with E-state index in [0.717, 1.165) is 62.9 Å². The first kappa shape index (κ1) is 19.2. The number of urea groups is 1. The number of fused-ring (bicyclic) bond motifs is 4. The summed E-state index contributed by atoms with van der Waals surface area (Å²) in [5, 5.41) is 3.08. The summed E-state index contributed by atoms with van der Waals surface area (Å²) in [7, 11) is 0. The molecule has 0 aromatic heterocycles. The van der Waals surface area contributed by atoms with Gasteiger partial charge < -0.3 is 19.9 Å². The van der Waals surface area contributed by atoms with Gasteiger partial charge in [-0.15, -0.1) is 0 Å². The summed E-state index contributed by atoms with van der Waals surface area (Å²) in [6.07, 6.45) is 6.46. The highest BCUT2D eigenvalue weighted by Crippen LogP contribution is 2.47. The first-order chi connectivity index (χ1) is 13.9. The molecule has 0 saturated carbocycles. The van der Waals surface area contributed by atoms with Gasteiger partial charge in [-0.1, -0.05) is 0 Å². The zero-order valence-electron chi connectivity index (χ0n) is 17.5. The number of piperidine rings is 2. The largest absolute Gasteiger partial charge is 0.492 e. The number of nitrogens with one attached hydrogen (secondary N) is 1. The number of halogens is 1. The molecule has 5 rings (SSSR count). The molecule has 1 N–H and O–H groups in total. The highest BCUT2D eigenvalue weighted by atomic mass is 19.1. The fraction of sp³-hybridized carbons (Fsp3) is 0.696. The Morgan fingerprint density at radius 1 is 1.17 bits per heavy atom. The number of benzene rings is 1. The second kappa shape index (κ2) is 7.15. The van der Waals surface area contributed by atoms with Crippen molar-refractivity contribution in [2.24, 2.45) is 0 Å². The Balaban J connectivity index is 1.24. The van der Waals surface area contributed by atoms with E-state index >= 15 is 0 Å². The van der Waals surface area contributed by atoms with Gasteiger partial charge >= 0.3 is 6.03 Å². The zero-order chi connectivity index (χ0) is 20.2. The Morgan fingerprint density at radius 2 is 1.86 bits per heavy atom. The van der Waals surface area contributed by atoms with Crippen LogP contribution in [-0.2, 0) is 5.41 Å². The van der Waals surface area contributed by atoms with E-state index in [1.807, 2.05) is 13.8 Å². The van der Waals surface area contributed by atoms with E-state index < -0.39 is 0 Å². The summed E-state index contributed by atoms with van der Waals surface area (Å²) >= 11 is 0. The molecule has 0 radical (unpaired) electrons. The van der Waals surface area contributed by atoms with Crippen LogP contribution in [0.1, 0.15) is 57.9 Å². The molecule has 29 heavy (non-hydrogen) atoms. The van der Waals surface area contributed by atoms with Gasteiger partial charge in [0.05, 0.1) is 6.61 Å². The van der Waals surface area contributed by atoms with Crippen molar-refractivity contribution >= 4 is 6.03 Å². The molecule has 3 fully saturated rings. The fourth-order valence-electron chi connectivity index (χ4n) is 6.17. The molecule has 4 heterocycles. The van der Waals surface area contributed by atoms with Crippen molar-refractivity contribution in [1.29, 1.82) is 0 Å². The molecule has 2 amide bonds. The van der Waals surface area contributed by atoms with E-state index in [1.165, 1.54) is 6.07 Å². The lowest BCUT2D eigenvalue weighted by Gasteiger charge is -2.47. The van der Waals surface area contributed by atoms with Crippen molar-refractivity contribution < 1.29 is 13.9 Å². The molecular weight excluding hydrogens is 369 g/mol. The quantitative estimate of drug-likeness (QED) is 0.823. The molecule has 4 aliphatic heterocycles. The molecular formula is C23H32FN3O2. The molecule has 1 spiro atoms. The minimum atomic E-state index is -0.167. The molecule has 3 saturated heterocycles. The van der Waals surface area contributed by atoms with Gasteiger partial charge in [0.25, 0.3) is 0 Å². The second-order valence-electron chi connectivity index (χ2n) is 9.77. The van der Waals surface area contributed by atoms with Gasteiger partial charge in [0, 0.05) is 35.1 Å². The average molecular weight is 402 g/mol. The predicted octanol–water partition coefficient (Wildman–Crippen LogP) is 3.67. The van der Waals surface area contributed by atoms with Crippen LogP contribution in [-0.4, -0.2) is 59.7 Å². The summed E-state index contributed by atoms with van der Waals surface area (Å²) in [6, 6.07) is 6.56. The maximum absolute atomic E-state index is 13.8. The molecule has 0 aliphatic carbocycles. The lowest BCUT2D eigenvalue weighted by Crippen LogP contribution is -2.57. The minimum absolute atomic E-state index is 0.0230.